The largest absolute Gasteiger partial charge is 0.493 e. The highest BCUT2D eigenvalue weighted by atomic mass is 16.7. The van der Waals surface area contributed by atoms with E-state index in [1.54, 1.807) is 18.2 Å². The van der Waals surface area contributed by atoms with Crippen molar-refractivity contribution >= 4 is 23.2 Å². The number of ether oxygens (including phenoxy) is 3. The lowest BCUT2D eigenvalue weighted by Crippen LogP contribution is -2.37. The van der Waals surface area contributed by atoms with Crippen LogP contribution in [0.1, 0.15) is 22.7 Å². The normalized spacial score (nSPS) is 21.1. The van der Waals surface area contributed by atoms with Gasteiger partial charge in [-0.1, -0.05) is 35.9 Å². The Hall–Kier alpha value is -4.04. The summed E-state index contributed by atoms with van der Waals surface area (Å²) in [6, 6.07) is 18.0. The second kappa shape index (κ2) is 9.20. The van der Waals surface area contributed by atoms with Gasteiger partial charge in [-0.15, -0.1) is 0 Å². The van der Waals surface area contributed by atoms with E-state index in [2.05, 4.69) is 0 Å². The van der Waals surface area contributed by atoms with Crippen molar-refractivity contribution in [2.45, 2.75) is 26.0 Å². The molecule has 2 fully saturated rings. The summed E-state index contributed by atoms with van der Waals surface area (Å²) in [7, 11) is 4.60. The number of carbonyl (C=O) groups is 2. The molecule has 2 aliphatic heterocycles. The second-order valence-electron chi connectivity index (χ2n) is 8.88. The first-order valence-electron chi connectivity index (χ1n) is 11.7. The predicted octanol–water partition coefficient (Wildman–Crippen LogP) is 4.38. The molecule has 2 aliphatic rings. The Labute approximate surface area is 209 Å². The molecule has 8 heteroatoms. The van der Waals surface area contributed by atoms with E-state index in [-0.39, 0.29) is 11.8 Å². The molecule has 2 heterocycles. The van der Waals surface area contributed by atoms with Gasteiger partial charge in [-0.3, -0.25) is 14.4 Å². The first kappa shape index (κ1) is 23.7. The van der Waals surface area contributed by atoms with Gasteiger partial charge in [0.2, 0.25) is 11.7 Å². The summed E-state index contributed by atoms with van der Waals surface area (Å²) in [6.07, 6.45) is -0.985. The summed E-state index contributed by atoms with van der Waals surface area (Å²) < 4.78 is 16.8. The van der Waals surface area contributed by atoms with Crippen LogP contribution in [0.4, 0.5) is 11.4 Å². The average Bonchev–Trinajstić information content (AvgIpc) is 3.39. The van der Waals surface area contributed by atoms with Crippen molar-refractivity contribution in [2.75, 3.05) is 31.3 Å². The van der Waals surface area contributed by atoms with Crippen molar-refractivity contribution < 1.29 is 28.6 Å². The monoisotopic (exact) mass is 488 g/mol. The Balaban J connectivity index is 1.67. The number of hydrogen-bond acceptors (Lipinski definition) is 7. The van der Waals surface area contributed by atoms with Crippen molar-refractivity contribution in [1.82, 2.24) is 0 Å². The fraction of sp³-hybridized carbons (Fsp3) is 0.286. The maximum atomic E-state index is 14.0. The molecular formula is C28H28N2O6. The number of hydroxylamine groups is 1. The molecule has 186 valence electrons. The lowest BCUT2D eigenvalue weighted by atomic mass is 9.89. The molecule has 0 aromatic heterocycles. The van der Waals surface area contributed by atoms with Crippen LogP contribution in [0.25, 0.3) is 0 Å². The predicted molar refractivity (Wildman–Crippen MR) is 135 cm³/mol. The van der Waals surface area contributed by atoms with Gasteiger partial charge in [-0.2, -0.15) is 0 Å². The second-order valence-corrected chi connectivity index (χ2v) is 8.88. The molecule has 2 amide bonds. The van der Waals surface area contributed by atoms with E-state index in [1.165, 1.54) is 19.1 Å². The fourth-order valence-electron chi connectivity index (χ4n) is 5.18. The molecule has 36 heavy (non-hydrogen) atoms. The van der Waals surface area contributed by atoms with E-state index in [9.17, 15) is 9.59 Å². The molecule has 8 nitrogen and oxygen atoms in total. The summed E-state index contributed by atoms with van der Waals surface area (Å²) in [5, 5.41) is 1.63. The zero-order valence-electron chi connectivity index (χ0n) is 20.8. The number of fused-ring (bicyclic) bond motifs is 1. The van der Waals surface area contributed by atoms with Crippen LogP contribution >= 0.6 is 0 Å². The van der Waals surface area contributed by atoms with Crippen LogP contribution < -0.4 is 24.2 Å². The Bertz CT molecular complexity index is 1330. The van der Waals surface area contributed by atoms with Crippen LogP contribution in [0.3, 0.4) is 0 Å². The van der Waals surface area contributed by atoms with Crippen LogP contribution in [0.5, 0.6) is 17.2 Å². The Kier molecular flexibility index (Phi) is 6.05. The molecule has 0 spiro atoms. The van der Waals surface area contributed by atoms with Gasteiger partial charge < -0.3 is 14.2 Å². The van der Waals surface area contributed by atoms with Crippen LogP contribution in [0.2, 0.25) is 0 Å². The molecular weight excluding hydrogens is 460 g/mol. The van der Waals surface area contributed by atoms with Crippen LogP contribution in [0, 0.1) is 19.8 Å². The number of rotatable bonds is 6. The maximum absolute atomic E-state index is 14.0. The molecule has 5 rings (SSSR count). The van der Waals surface area contributed by atoms with Gasteiger partial charge in [-0.25, -0.2) is 9.96 Å². The first-order valence-corrected chi connectivity index (χ1v) is 11.7. The molecule has 0 aliphatic carbocycles. The minimum absolute atomic E-state index is 0.322. The number of hydrogen-bond donors (Lipinski definition) is 0. The topological polar surface area (TPSA) is 77.5 Å². The summed E-state index contributed by atoms with van der Waals surface area (Å²) in [4.78, 5) is 35.1. The number of carbonyl (C=O) groups excluding carboxylic acids is 2. The molecule has 3 aromatic carbocycles. The highest BCUT2D eigenvalue weighted by molar-refractivity contribution is 6.24. The number of amides is 2. The molecule has 0 radical (unpaired) electrons. The van der Waals surface area contributed by atoms with Gasteiger partial charge in [0.1, 0.15) is 12.0 Å². The average molecular weight is 489 g/mol. The zero-order chi connectivity index (χ0) is 25.6. The van der Waals surface area contributed by atoms with E-state index < -0.39 is 18.1 Å². The van der Waals surface area contributed by atoms with E-state index in [0.717, 1.165) is 11.1 Å². The van der Waals surface area contributed by atoms with Crippen molar-refractivity contribution in [3.05, 3.63) is 77.4 Å². The van der Waals surface area contributed by atoms with Crippen LogP contribution in [0.15, 0.2) is 60.7 Å². The summed E-state index contributed by atoms with van der Waals surface area (Å²) in [5.41, 5.74) is 3.83. The van der Waals surface area contributed by atoms with Crippen molar-refractivity contribution in [3.63, 3.8) is 0 Å². The maximum Gasteiger partial charge on any atom is 0.266 e. The number of anilines is 2. The van der Waals surface area contributed by atoms with Crippen LogP contribution in [-0.2, 0) is 14.4 Å². The third-order valence-electron chi connectivity index (χ3n) is 6.77. The first-order chi connectivity index (χ1) is 17.4. The number of methoxy groups -OCH3 is 3. The third-order valence-corrected chi connectivity index (χ3v) is 6.77. The molecule has 0 bridgehead atoms. The van der Waals surface area contributed by atoms with E-state index >= 15 is 0 Å². The molecule has 3 atom stereocenters. The van der Waals surface area contributed by atoms with Gasteiger partial charge in [0.05, 0.1) is 32.7 Å². The van der Waals surface area contributed by atoms with Gasteiger partial charge in [-0.05, 0) is 49.7 Å². The van der Waals surface area contributed by atoms with Crippen molar-refractivity contribution in [1.29, 1.82) is 0 Å². The number of aryl methyl sites for hydroxylation is 2. The minimum Gasteiger partial charge on any atom is -0.493 e. The van der Waals surface area contributed by atoms with Gasteiger partial charge in [0.25, 0.3) is 5.91 Å². The lowest BCUT2D eigenvalue weighted by Gasteiger charge is -2.30. The molecule has 0 N–H and O–H groups in total. The van der Waals surface area contributed by atoms with E-state index in [1.807, 2.05) is 68.4 Å². The highest BCUT2D eigenvalue weighted by Gasteiger charge is 2.61. The van der Waals surface area contributed by atoms with Crippen LogP contribution in [-0.4, -0.2) is 39.2 Å². The summed E-state index contributed by atoms with van der Waals surface area (Å²) in [6.45, 7) is 3.86. The smallest absolute Gasteiger partial charge is 0.266 e. The minimum atomic E-state index is -0.985. The van der Waals surface area contributed by atoms with E-state index in [0.29, 0.717) is 34.2 Å². The van der Waals surface area contributed by atoms with Gasteiger partial charge in [0, 0.05) is 5.56 Å². The Morgan fingerprint density at radius 1 is 0.806 bits per heavy atom. The summed E-state index contributed by atoms with van der Waals surface area (Å²) in [5.74, 6) is -0.206. The molecule has 3 aromatic rings. The Morgan fingerprint density at radius 2 is 1.53 bits per heavy atom. The molecule has 0 unspecified atom stereocenters. The van der Waals surface area contributed by atoms with Gasteiger partial charge in [0.15, 0.2) is 17.6 Å². The van der Waals surface area contributed by atoms with Gasteiger partial charge >= 0.3 is 0 Å². The number of benzene rings is 3. The third kappa shape index (κ3) is 3.56. The zero-order valence-corrected chi connectivity index (χ0v) is 20.8. The molecule has 0 saturated carbocycles. The summed E-state index contributed by atoms with van der Waals surface area (Å²) >= 11 is 0. The number of para-hydroxylation sites is 1. The SMILES string of the molecule is COc1ccc([C@@H]2[C@H]3C(=O)N(c4ccc(C)cc4C)C(=O)[C@@H]3ON2c2ccccc2)c(OC)c1OC. The fourth-order valence-corrected chi connectivity index (χ4v) is 5.18. The quantitative estimate of drug-likeness (QED) is 0.477. The highest BCUT2D eigenvalue weighted by Crippen LogP contribution is 2.52. The lowest BCUT2D eigenvalue weighted by molar-refractivity contribution is -0.126. The molecule has 2 saturated heterocycles. The van der Waals surface area contributed by atoms with E-state index in [4.69, 9.17) is 19.0 Å². The van der Waals surface area contributed by atoms with Crippen molar-refractivity contribution in [2.24, 2.45) is 5.92 Å². The number of nitrogens with zero attached hydrogens (tertiary/aromatic N) is 2. The standard InChI is InChI=1S/C28H28N2O6/c1-16-11-13-20(17(2)15-16)29-27(31)22-23(19-12-14-21(33-3)25(35-5)24(19)34-4)30(36-26(22)28(29)32)18-9-7-6-8-10-18/h6-15,22-23,26H,1-5H3/t22-,23-,26-/m1/s1. The Morgan fingerprint density at radius 3 is 2.17 bits per heavy atom. The number of imide groups is 1. The van der Waals surface area contributed by atoms with Crippen molar-refractivity contribution in [3.8, 4) is 17.2 Å².